The van der Waals surface area contributed by atoms with E-state index >= 15 is 0 Å². The van der Waals surface area contributed by atoms with Gasteiger partial charge in [-0.05, 0) is 87.6 Å². The first-order valence-corrected chi connectivity index (χ1v) is 15.4. The van der Waals surface area contributed by atoms with Crippen LogP contribution in [0.5, 0.6) is 0 Å². The minimum Gasteiger partial charge on any atom is -0.378 e. The van der Waals surface area contributed by atoms with Gasteiger partial charge in [0.25, 0.3) is 0 Å². The van der Waals surface area contributed by atoms with Gasteiger partial charge in [0.05, 0.1) is 62.7 Å². The van der Waals surface area contributed by atoms with Crippen LogP contribution < -0.4 is 0 Å². The predicted molar refractivity (Wildman–Crippen MR) is 134 cm³/mol. The molecule has 0 aromatic rings. The third-order valence-electron chi connectivity index (χ3n) is 4.79. The van der Waals surface area contributed by atoms with Crippen LogP contribution in [0.25, 0.3) is 0 Å². The molecule has 0 N–H and O–H groups in total. The number of sulfone groups is 2. The van der Waals surface area contributed by atoms with Gasteiger partial charge in [-0.15, -0.1) is 7.88 Å². The fourth-order valence-corrected chi connectivity index (χ4v) is 5.21. The van der Waals surface area contributed by atoms with Crippen molar-refractivity contribution in [3.63, 3.8) is 0 Å². The van der Waals surface area contributed by atoms with Crippen LogP contribution in [0.3, 0.4) is 0 Å². The molecule has 0 heterocycles. The molecule has 0 aromatic carbocycles. The molecule has 0 rings (SSSR count). The Balaban J connectivity index is 3.77. The first kappa shape index (κ1) is 33.9. The van der Waals surface area contributed by atoms with Gasteiger partial charge in [-0.2, -0.15) is 0 Å². The van der Waals surface area contributed by atoms with Gasteiger partial charge in [-0.25, -0.2) is 16.8 Å². The first-order valence-electron chi connectivity index (χ1n) is 10.4. The highest BCUT2D eigenvalue weighted by Gasteiger charge is 2.28. The van der Waals surface area contributed by atoms with Crippen LogP contribution in [0.1, 0.15) is 40.5 Å². The van der Waals surface area contributed by atoms with Crippen molar-refractivity contribution in [2.24, 2.45) is 0 Å². The quantitative estimate of drug-likeness (QED) is 0.154. The molecular weight excluding hydrogens is 562 g/mol. The van der Waals surface area contributed by atoms with Gasteiger partial charge in [-0.3, -0.25) is 0 Å². The molecule has 0 unspecified atom stereocenters. The Morgan fingerprint density at radius 3 is 1.09 bits per heavy atom. The standard InChI is InChI=1S/C18H36Cl4N2O7S2/c1-17(2,23(19)20)5-13-32(25,26)15-11-30-9-7-29-8-10-31-12-16-33(27,28)14-6-18(3,4)24(21)22/h5-16H2,1-4H3. The van der Waals surface area contributed by atoms with E-state index in [0.717, 1.165) is 7.88 Å². The lowest BCUT2D eigenvalue weighted by atomic mass is 10.0. The van der Waals surface area contributed by atoms with Crippen LogP contribution in [-0.4, -0.2) is 98.4 Å². The number of nitrogens with zero attached hydrogens (tertiary/aromatic N) is 2. The van der Waals surface area contributed by atoms with Crippen molar-refractivity contribution >= 4 is 66.8 Å². The minimum atomic E-state index is -3.28. The predicted octanol–water partition coefficient (Wildman–Crippen LogP) is 3.42. The van der Waals surface area contributed by atoms with Crippen LogP contribution in [0, 0.1) is 0 Å². The van der Waals surface area contributed by atoms with Crippen molar-refractivity contribution in [2.75, 3.05) is 62.7 Å². The zero-order valence-electron chi connectivity index (χ0n) is 19.6. The Bertz CT molecular complexity index is 687. The van der Waals surface area contributed by atoms with E-state index in [0.29, 0.717) is 12.8 Å². The smallest absolute Gasteiger partial charge is 0.152 e. The van der Waals surface area contributed by atoms with E-state index < -0.39 is 30.8 Å². The molecule has 200 valence electrons. The number of hydrogen-bond donors (Lipinski definition) is 0. The van der Waals surface area contributed by atoms with Crippen molar-refractivity contribution in [3.05, 3.63) is 0 Å². The monoisotopic (exact) mass is 596 g/mol. The maximum absolute atomic E-state index is 12.0. The molecule has 0 spiro atoms. The summed E-state index contributed by atoms with van der Waals surface area (Å²) in [5.41, 5.74) is -1.30. The molecule has 15 heteroatoms. The fraction of sp³-hybridized carbons (Fsp3) is 1.00. The summed E-state index contributed by atoms with van der Waals surface area (Å²) in [6, 6.07) is 0. The lowest BCUT2D eigenvalue weighted by Gasteiger charge is -2.27. The molecular formula is C18H36Cl4N2O7S2. The molecule has 0 atom stereocenters. The molecule has 0 fully saturated rings. The largest absolute Gasteiger partial charge is 0.378 e. The van der Waals surface area contributed by atoms with Crippen molar-refractivity contribution in [1.82, 2.24) is 7.88 Å². The summed E-state index contributed by atoms with van der Waals surface area (Å²) in [6.07, 6.45) is 0.592. The maximum Gasteiger partial charge on any atom is 0.152 e. The SMILES string of the molecule is CC(C)(CCS(=O)(=O)CCOCCOCCOCCS(=O)(=O)CCC(C)(C)N(Cl)Cl)N(Cl)Cl. The van der Waals surface area contributed by atoms with Crippen molar-refractivity contribution in [3.8, 4) is 0 Å². The summed E-state index contributed by atoms with van der Waals surface area (Å²) in [7, 11) is -6.56. The molecule has 9 nitrogen and oxygen atoms in total. The Labute approximate surface area is 219 Å². The lowest BCUT2D eigenvalue weighted by molar-refractivity contribution is 0.0202. The molecule has 0 aromatic heterocycles. The van der Waals surface area contributed by atoms with Crippen LogP contribution in [0.2, 0.25) is 0 Å². The summed E-state index contributed by atoms with van der Waals surface area (Å²) in [6.45, 7) is 8.13. The topological polar surface area (TPSA) is 102 Å². The fourth-order valence-electron chi connectivity index (χ4n) is 2.10. The second-order valence-corrected chi connectivity index (χ2v) is 15.0. The van der Waals surface area contributed by atoms with Crippen LogP contribution in [0.15, 0.2) is 0 Å². The second-order valence-electron chi connectivity index (χ2n) is 8.73. The Morgan fingerprint density at radius 1 is 0.545 bits per heavy atom. The van der Waals surface area contributed by atoms with Gasteiger partial charge < -0.3 is 14.2 Å². The summed E-state index contributed by atoms with van der Waals surface area (Å²) in [4.78, 5) is 0. The number of halogens is 4. The Kier molecular flexibility index (Phi) is 16.3. The molecule has 0 saturated carbocycles. The molecule has 0 aliphatic heterocycles. The molecule has 0 radical (unpaired) electrons. The Hall–Kier alpha value is 0.860. The van der Waals surface area contributed by atoms with E-state index in [9.17, 15) is 16.8 Å². The highest BCUT2D eigenvalue weighted by atomic mass is 35.5. The van der Waals surface area contributed by atoms with Gasteiger partial charge in [0, 0.05) is 11.1 Å². The zero-order chi connectivity index (χ0) is 25.8. The molecule has 0 aliphatic carbocycles. The summed E-state index contributed by atoms with van der Waals surface area (Å²) >= 11 is 22.8. The first-order chi connectivity index (χ1) is 15.0. The summed E-state index contributed by atoms with van der Waals surface area (Å²) < 4.78 is 65.9. The zero-order valence-corrected chi connectivity index (χ0v) is 24.2. The van der Waals surface area contributed by atoms with Gasteiger partial charge in [0.15, 0.2) is 19.7 Å². The van der Waals surface area contributed by atoms with Crippen LogP contribution in [0.4, 0.5) is 0 Å². The van der Waals surface area contributed by atoms with Crippen molar-refractivity contribution < 1.29 is 31.0 Å². The van der Waals surface area contributed by atoms with Crippen molar-refractivity contribution in [1.29, 1.82) is 0 Å². The summed E-state index contributed by atoms with van der Waals surface area (Å²) in [5.74, 6) is -0.288. The highest BCUT2D eigenvalue weighted by Crippen LogP contribution is 2.25. The average molecular weight is 598 g/mol. The molecule has 33 heavy (non-hydrogen) atoms. The maximum atomic E-state index is 12.0. The Morgan fingerprint density at radius 2 is 0.818 bits per heavy atom. The van der Waals surface area contributed by atoms with Gasteiger partial charge in [0.2, 0.25) is 0 Å². The van der Waals surface area contributed by atoms with E-state index in [2.05, 4.69) is 0 Å². The van der Waals surface area contributed by atoms with Crippen molar-refractivity contribution in [2.45, 2.75) is 51.6 Å². The number of rotatable bonds is 20. The molecule has 0 aliphatic rings. The lowest BCUT2D eigenvalue weighted by Crippen LogP contribution is -2.34. The molecule has 0 bridgehead atoms. The van der Waals surface area contributed by atoms with Crippen LogP contribution >= 0.6 is 47.1 Å². The van der Waals surface area contributed by atoms with E-state index in [4.69, 9.17) is 61.3 Å². The third-order valence-corrected chi connectivity index (χ3v) is 9.85. The molecule has 0 amide bonds. The van der Waals surface area contributed by atoms with E-state index in [1.54, 1.807) is 27.7 Å². The van der Waals surface area contributed by atoms with E-state index in [1.165, 1.54) is 0 Å². The third kappa shape index (κ3) is 17.0. The van der Waals surface area contributed by atoms with Gasteiger partial charge in [-0.1, -0.05) is 0 Å². The highest BCUT2D eigenvalue weighted by molar-refractivity contribution is 7.91. The van der Waals surface area contributed by atoms with Crippen LogP contribution in [-0.2, 0) is 33.9 Å². The second kappa shape index (κ2) is 15.9. The van der Waals surface area contributed by atoms with E-state index in [-0.39, 0.29) is 62.7 Å². The van der Waals surface area contributed by atoms with Gasteiger partial charge in [0.1, 0.15) is 0 Å². The van der Waals surface area contributed by atoms with E-state index in [1.807, 2.05) is 0 Å². The minimum absolute atomic E-state index is 0.0432. The molecule has 0 saturated heterocycles. The summed E-state index contributed by atoms with van der Waals surface area (Å²) in [5, 5.41) is 0. The number of ether oxygens (including phenoxy) is 3. The van der Waals surface area contributed by atoms with Gasteiger partial charge >= 0.3 is 0 Å². The normalized spacial score (nSPS) is 13.9. The average Bonchev–Trinajstić information content (AvgIpc) is 2.69. The number of hydrogen-bond acceptors (Lipinski definition) is 9.